The molecule has 7 nitrogen and oxygen atoms in total. The number of fused-ring (bicyclic) bond motifs is 3. The maximum Gasteiger partial charge on any atom is 0.257 e. The number of hydrogen-bond acceptors (Lipinski definition) is 4. The molecule has 0 N–H and O–H groups in total. The highest BCUT2D eigenvalue weighted by Crippen LogP contribution is 2.43. The van der Waals surface area contributed by atoms with Gasteiger partial charge in [-0.25, -0.2) is 0 Å². The summed E-state index contributed by atoms with van der Waals surface area (Å²) >= 11 is 0. The third-order valence-electron chi connectivity index (χ3n) is 5.66. The van der Waals surface area contributed by atoms with E-state index in [1.165, 1.54) is 0 Å². The number of rotatable bonds is 3. The Morgan fingerprint density at radius 2 is 1.92 bits per heavy atom. The molecule has 4 rings (SSSR count). The van der Waals surface area contributed by atoms with Crippen LogP contribution < -0.4 is 4.90 Å². The standard InChI is InChI=1S/C19H23N3O4/c1-19-8-6-17(24)22(19)15-5-3-2-4-14(15)18(25)21(19)9-7-16(23)20-10-12-26-13-11-20/h2-5H,6-13H2,1H3. The number of carbonyl (C=O) groups excluding carboxylic acids is 3. The van der Waals surface area contributed by atoms with Gasteiger partial charge in [-0.1, -0.05) is 12.1 Å². The fourth-order valence-electron chi connectivity index (χ4n) is 4.22. The molecule has 0 radical (unpaired) electrons. The van der Waals surface area contributed by atoms with Gasteiger partial charge in [0, 0.05) is 32.5 Å². The highest BCUT2D eigenvalue weighted by atomic mass is 16.5. The predicted molar refractivity (Wildman–Crippen MR) is 94.6 cm³/mol. The summed E-state index contributed by atoms with van der Waals surface area (Å²) in [6.45, 7) is 4.53. The summed E-state index contributed by atoms with van der Waals surface area (Å²) in [4.78, 5) is 43.4. The van der Waals surface area contributed by atoms with E-state index in [0.717, 1.165) is 0 Å². The molecule has 7 heteroatoms. The van der Waals surface area contributed by atoms with Crippen molar-refractivity contribution in [1.29, 1.82) is 0 Å². The first-order valence-corrected chi connectivity index (χ1v) is 9.12. The number of amides is 3. The fraction of sp³-hybridized carbons (Fsp3) is 0.526. The number of benzene rings is 1. The van der Waals surface area contributed by atoms with Gasteiger partial charge in [0.1, 0.15) is 5.66 Å². The number of carbonyl (C=O) groups is 3. The van der Waals surface area contributed by atoms with E-state index in [-0.39, 0.29) is 24.1 Å². The van der Waals surface area contributed by atoms with Gasteiger partial charge in [-0.3, -0.25) is 19.3 Å². The fourth-order valence-corrected chi connectivity index (χ4v) is 4.22. The molecule has 26 heavy (non-hydrogen) atoms. The van der Waals surface area contributed by atoms with Crippen LogP contribution in [0.5, 0.6) is 0 Å². The Bertz CT molecular complexity index is 759. The molecule has 0 aromatic heterocycles. The van der Waals surface area contributed by atoms with Gasteiger partial charge in [-0.2, -0.15) is 0 Å². The summed E-state index contributed by atoms with van der Waals surface area (Å²) in [7, 11) is 0. The van der Waals surface area contributed by atoms with E-state index in [1.54, 1.807) is 26.8 Å². The second kappa shape index (κ2) is 6.39. The largest absolute Gasteiger partial charge is 0.378 e. The molecule has 2 fully saturated rings. The van der Waals surface area contributed by atoms with Crippen LogP contribution in [0.3, 0.4) is 0 Å². The van der Waals surface area contributed by atoms with Crippen molar-refractivity contribution in [2.75, 3.05) is 37.7 Å². The first kappa shape index (κ1) is 17.0. The van der Waals surface area contributed by atoms with Crippen molar-refractivity contribution in [2.24, 2.45) is 0 Å². The second-order valence-electron chi connectivity index (χ2n) is 7.16. The number of ether oxygens (including phenoxy) is 1. The quantitative estimate of drug-likeness (QED) is 0.816. The Balaban J connectivity index is 1.58. The smallest absolute Gasteiger partial charge is 0.257 e. The van der Waals surface area contributed by atoms with Gasteiger partial charge in [0.15, 0.2) is 0 Å². The molecular formula is C19H23N3O4. The second-order valence-corrected chi connectivity index (χ2v) is 7.16. The molecule has 0 aliphatic carbocycles. The molecule has 138 valence electrons. The Hall–Kier alpha value is -2.41. The summed E-state index contributed by atoms with van der Waals surface area (Å²) in [5, 5.41) is 0. The molecule has 3 aliphatic rings. The molecule has 1 aromatic rings. The lowest BCUT2D eigenvalue weighted by atomic mass is 9.98. The Kier molecular flexibility index (Phi) is 4.19. The molecule has 0 bridgehead atoms. The average Bonchev–Trinajstić information content (AvgIpc) is 2.97. The minimum absolute atomic E-state index is 0.0250. The lowest BCUT2D eigenvalue weighted by molar-refractivity contribution is -0.135. The lowest BCUT2D eigenvalue weighted by Gasteiger charge is -2.48. The SMILES string of the molecule is CC12CCC(=O)N1c1ccccc1C(=O)N2CCC(=O)N1CCOCC1. The van der Waals surface area contributed by atoms with Gasteiger partial charge < -0.3 is 14.5 Å². The lowest BCUT2D eigenvalue weighted by Crippen LogP contribution is -2.62. The van der Waals surface area contributed by atoms with Gasteiger partial charge >= 0.3 is 0 Å². The third kappa shape index (κ3) is 2.58. The molecule has 1 atom stereocenters. The summed E-state index contributed by atoms with van der Waals surface area (Å²) in [6, 6.07) is 7.22. The molecule has 2 saturated heterocycles. The first-order valence-electron chi connectivity index (χ1n) is 9.12. The van der Waals surface area contributed by atoms with Crippen molar-refractivity contribution in [3.8, 4) is 0 Å². The van der Waals surface area contributed by atoms with Gasteiger partial charge in [-0.15, -0.1) is 0 Å². The number of nitrogens with zero attached hydrogens (tertiary/aromatic N) is 3. The molecule has 3 heterocycles. The van der Waals surface area contributed by atoms with Crippen molar-refractivity contribution in [1.82, 2.24) is 9.80 Å². The topological polar surface area (TPSA) is 70.2 Å². The summed E-state index contributed by atoms with van der Waals surface area (Å²) in [6.07, 6.45) is 1.25. The highest BCUT2D eigenvalue weighted by molar-refractivity contribution is 6.10. The van der Waals surface area contributed by atoms with Crippen LogP contribution in [0.25, 0.3) is 0 Å². The molecule has 3 amide bonds. The Morgan fingerprint density at radius 1 is 1.19 bits per heavy atom. The van der Waals surface area contributed by atoms with Crippen molar-refractivity contribution in [3.63, 3.8) is 0 Å². The van der Waals surface area contributed by atoms with Crippen molar-refractivity contribution < 1.29 is 19.1 Å². The molecule has 1 aromatic carbocycles. The van der Waals surface area contributed by atoms with E-state index in [9.17, 15) is 14.4 Å². The molecule has 3 aliphatic heterocycles. The van der Waals surface area contributed by atoms with Crippen LogP contribution in [-0.2, 0) is 14.3 Å². The van der Waals surface area contributed by atoms with Crippen molar-refractivity contribution in [2.45, 2.75) is 31.8 Å². The molecule has 0 saturated carbocycles. The van der Waals surface area contributed by atoms with Crippen LogP contribution >= 0.6 is 0 Å². The molecular weight excluding hydrogens is 334 g/mol. The van der Waals surface area contributed by atoms with E-state index in [4.69, 9.17) is 4.74 Å². The van der Waals surface area contributed by atoms with Crippen LogP contribution in [-0.4, -0.2) is 66.0 Å². The zero-order valence-electron chi connectivity index (χ0n) is 14.9. The Morgan fingerprint density at radius 3 is 2.69 bits per heavy atom. The van der Waals surface area contributed by atoms with Gasteiger partial charge in [-0.05, 0) is 25.5 Å². The number of morpholine rings is 1. The van der Waals surface area contributed by atoms with E-state index in [0.29, 0.717) is 56.9 Å². The number of hydrogen-bond donors (Lipinski definition) is 0. The zero-order valence-corrected chi connectivity index (χ0v) is 14.9. The third-order valence-corrected chi connectivity index (χ3v) is 5.66. The summed E-state index contributed by atoms with van der Waals surface area (Å²) in [5.41, 5.74) is 0.505. The molecule has 0 spiro atoms. The number of para-hydroxylation sites is 1. The summed E-state index contributed by atoms with van der Waals surface area (Å²) in [5.74, 6) is -0.0554. The number of anilines is 1. The van der Waals surface area contributed by atoms with Crippen molar-refractivity contribution in [3.05, 3.63) is 29.8 Å². The minimum atomic E-state index is -0.701. The van der Waals surface area contributed by atoms with E-state index in [1.807, 2.05) is 19.1 Å². The van der Waals surface area contributed by atoms with Crippen LogP contribution in [0.4, 0.5) is 5.69 Å². The van der Waals surface area contributed by atoms with E-state index in [2.05, 4.69) is 0 Å². The van der Waals surface area contributed by atoms with E-state index >= 15 is 0 Å². The zero-order chi connectivity index (χ0) is 18.3. The van der Waals surface area contributed by atoms with Crippen LogP contribution in [0.2, 0.25) is 0 Å². The van der Waals surface area contributed by atoms with Gasteiger partial charge in [0.2, 0.25) is 11.8 Å². The summed E-state index contributed by atoms with van der Waals surface area (Å²) < 4.78 is 5.28. The van der Waals surface area contributed by atoms with Gasteiger partial charge in [0.25, 0.3) is 5.91 Å². The van der Waals surface area contributed by atoms with Crippen LogP contribution in [0, 0.1) is 0 Å². The molecule has 1 unspecified atom stereocenters. The minimum Gasteiger partial charge on any atom is -0.378 e. The monoisotopic (exact) mass is 357 g/mol. The highest BCUT2D eigenvalue weighted by Gasteiger charge is 2.52. The Labute approximate surface area is 152 Å². The average molecular weight is 357 g/mol. The first-order chi connectivity index (χ1) is 12.5. The normalized spacial score (nSPS) is 25.3. The maximum absolute atomic E-state index is 13.1. The predicted octanol–water partition coefficient (Wildman–Crippen LogP) is 1.23. The van der Waals surface area contributed by atoms with Crippen LogP contribution in [0.15, 0.2) is 24.3 Å². The van der Waals surface area contributed by atoms with E-state index < -0.39 is 5.66 Å². The van der Waals surface area contributed by atoms with Gasteiger partial charge in [0.05, 0.1) is 24.5 Å². The van der Waals surface area contributed by atoms with Crippen molar-refractivity contribution >= 4 is 23.4 Å². The maximum atomic E-state index is 13.1. The van der Waals surface area contributed by atoms with Crippen LogP contribution in [0.1, 0.15) is 36.5 Å².